The molecule has 2 aromatic carbocycles. The van der Waals surface area contributed by atoms with Crippen LogP contribution in [0.25, 0.3) is 0 Å². The zero-order valence-electron chi connectivity index (χ0n) is 11.8. The Labute approximate surface area is 129 Å². The highest BCUT2D eigenvalue weighted by Gasteiger charge is 2.13. The molecule has 0 aliphatic heterocycles. The summed E-state index contributed by atoms with van der Waals surface area (Å²) in [5, 5.41) is 0.449. The van der Waals surface area contributed by atoms with E-state index >= 15 is 0 Å². The molecule has 1 N–H and O–H groups in total. The number of hydrogen-bond acceptors (Lipinski definition) is 3. The lowest BCUT2D eigenvalue weighted by atomic mass is 10.2. The van der Waals surface area contributed by atoms with Gasteiger partial charge in [-0.3, -0.25) is 0 Å². The molecule has 2 rings (SSSR count). The van der Waals surface area contributed by atoms with Crippen molar-refractivity contribution in [2.75, 3.05) is 7.11 Å². The molecule has 0 bridgehead atoms. The van der Waals surface area contributed by atoms with Gasteiger partial charge in [-0.25, -0.2) is 13.1 Å². The van der Waals surface area contributed by atoms with E-state index in [1.165, 1.54) is 7.11 Å². The van der Waals surface area contributed by atoms with Crippen LogP contribution >= 0.6 is 11.6 Å². The van der Waals surface area contributed by atoms with E-state index < -0.39 is 10.0 Å². The van der Waals surface area contributed by atoms with Gasteiger partial charge in [0.25, 0.3) is 0 Å². The highest BCUT2D eigenvalue weighted by atomic mass is 35.5. The number of hydrogen-bond donors (Lipinski definition) is 1. The summed E-state index contributed by atoms with van der Waals surface area (Å²) >= 11 is 6.02. The normalized spacial score (nSPS) is 11.4. The number of rotatable bonds is 5. The van der Waals surface area contributed by atoms with Gasteiger partial charge in [-0.2, -0.15) is 0 Å². The van der Waals surface area contributed by atoms with Crippen molar-refractivity contribution < 1.29 is 13.2 Å². The van der Waals surface area contributed by atoms with Gasteiger partial charge in [0.15, 0.2) is 0 Å². The summed E-state index contributed by atoms with van der Waals surface area (Å²) in [6.07, 6.45) is 0. The molecule has 0 aliphatic rings. The van der Waals surface area contributed by atoms with Gasteiger partial charge < -0.3 is 4.74 Å². The molecule has 0 aromatic heterocycles. The van der Waals surface area contributed by atoms with E-state index in [-0.39, 0.29) is 11.4 Å². The van der Waals surface area contributed by atoms with Crippen molar-refractivity contribution in [3.63, 3.8) is 0 Å². The molecule has 6 heteroatoms. The molecule has 0 radical (unpaired) electrons. The number of nitrogens with one attached hydrogen (secondary N) is 1. The second kappa shape index (κ2) is 6.47. The van der Waals surface area contributed by atoms with Crippen molar-refractivity contribution in [2.45, 2.75) is 18.4 Å². The van der Waals surface area contributed by atoms with Gasteiger partial charge in [-0.15, -0.1) is 0 Å². The Morgan fingerprint density at radius 3 is 2.57 bits per heavy atom. The van der Waals surface area contributed by atoms with Crippen molar-refractivity contribution in [2.24, 2.45) is 0 Å². The smallest absolute Gasteiger partial charge is 0.240 e. The molecular formula is C15H16ClNO3S. The topological polar surface area (TPSA) is 55.4 Å². The summed E-state index contributed by atoms with van der Waals surface area (Å²) in [6, 6.07) is 11.9. The number of ether oxygens (including phenoxy) is 1. The second-order valence-electron chi connectivity index (χ2n) is 4.61. The number of aryl methyl sites for hydroxylation is 1. The average Bonchev–Trinajstić information content (AvgIpc) is 2.45. The van der Waals surface area contributed by atoms with Crippen LogP contribution in [-0.2, 0) is 16.6 Å². The minimum atomic E-state index is -3.53. The number of halogens is 1. The Morgan fingerprint density at radius 2 is 1.95 bits per heavy atom. The lowest BCUT2D eigenvalue weighted by molar-refractivity contribution is 0.415. The van der Waals surface area contributed by atoms with Crippen LogP contribution in [0.3, 0.4) is 0 Å². The fourth-order valence-electron chi connectivity index (χ4n) is 1.86. The first kappa shape index (κ1) is 15.8. The lowest BCUT2D eigenvalue weighted by Gasteiger charge is -2.09. The highest BCUT2D eigenvalue weighted by Crippen LogP contribution is 2.25. The zero-order valence-corrected chi connectivity index (χ0v) is 13.3. The van der Waals surface area contributed by atoms with Gasteiger partial charge in [0.05, 0.1) is 17.0 Å². The Kier molecular flexibility index (Phi) is 4.88. The molecule has 4 nitrogen and oxygen atoms in total. The van der Waals surface area contributed by atoms with Gasteiger partial charge >= 0.3 is 0 Å². The summed E-state index contributed by atoms with van der Waals surface area (Å²) in [5.41, 5.74) is 1.65. The van der Waals surface area contributed by atoms with E-state index in [0.29, 0.717) is 10.8 Å². The molecule has 0 amide bonds. The predicted octanol–water partition coefficient (Wildman–Crippen LogP) is 3.14. The predicted molar refractivity (Wildman–Crippen MR) is 83.2 cm³/mol. The molecule has 21 heavy (non-hydrogen) atoms. The molecule has 112 valence electrons. The molecular weight excluding hydrogens is 310 g/mol. The first-order valence-corrected chi connectivity index (χ1v) is 8.17. The molecule has 0 saturated heterocycles. The number of methoxy groups -OCH3 is 1. The first-order chi connectivity index (χ1) is 9.92. The van der Waals surface area contributed by atoms with Crippen LogP contribution in [-0.4, -0.2) is 15.5 Å². The first-order valence-electron chi connectivity index (χ1n) is 6.31. The summed E-state index contributed by atoms with van der Waals surface area (Å²) in [6.45, 7) is 2.02. The Balaban J connectivity index is 2.13. The summed E-state index contributed by atoms with van der Waals surface area (Å²) in [5.74, 6) is 0.557. The molecule has 2 aromatic rings. The van der Waals surface area contributed by atoms with E-state index in [9.17, 15) is 8.42 Å². The average molecular weight is 326 g/mol. The fraction of sp³-hybridized carbons (Fsp3) is 0.200. The maximum Gasteiger partial charge on any atom is 0.240 e. The van der Waals surface area contributed by atoms with Crippen LogP contribution < -0.4 is 9.46 Å². The minimum absolute atomic E-state index is 0.167. The van der Waals surface area contributed by atoms with E-state index in [2.05, 4.69) is 4.72 Å². The quantitative estimate of drug-likeness (QED) is 0.918. The van der Waals surface area contributed by atoms with Crippen LogP contribution in [0.1, 0.15) is 11.1 Å². The van der Waals surface area contributed by atoms with Crippen molar-refractivity contribution in [1.29, 1.82) is 0 Å². The van der Waals surface area contributed by atoms with Gasteiger partial charge in [-0.1, -0.05) is 29.8 Å². The molecule has 0 saturated carbocycles. The molecule has 0 unspecified atom stereocenters. The third-order valence-corrected chi connectivity index (χ3v) is 4.68. The zero-order chi connectivity index (χ0) is 15.5. The Morgan fingerprint density at radius 1 is 1.19 bits per heavy atom. The van der Waals surface area contributed by atoms with Crippen molar-refractivity contribution in [3.8, 4) is 5.75 Å². The second-order valence-corrected chi connectivity index (χ2v) is 6.78. The molecule has 0 aliphatic carbocycles. The Hall–Kier alpha value is -1.56. The van der Waals surface area contributed by atoms with Crippen LogP contribution in [0.4, 0.5) is 0 Å². The van der Waals surface area contributed by atoms with E-state index in [1.54, 1.807) is 36.4 Å². The van der Waals surface area contributed by atoms with Gasteiger partial charge in [-0.05, 0) is 42.3 Å². The SMILES string of the molecule is COc1ccc(CNS(=O)(=O)c2cccc(C)c2)cc1Cl. The van der Waals surface area contributed by atoms with Gasteiger partial charge in [0.2, 0.25) is 10.0 Å². The monoisotopic (exact) mass is 325 g/mol. The third kappa shape index (κ3) is 3.97. The maximum absolute atomic E-state index is 12.2. The van der Waals surface area contributed by atoms with Gasteiger partial charge in [0.1, 0.15) is 5.75 Å². The molecule has 0 spiro atoms. The van der Waals surface area contributed by atoms with Crippen molar-refractivity contribution in [1.82, 2.24) is 4.72 Å². The Bertz CT molecular complexity index is 744. The van der Waals surface area contributed by atoms with Crippen molar-refractivity contribution >= 4 is 21.6 Å². The maximum atomic E-state index is 12.2. The molecule has 0 atom stereocenters. The van der Waals surface area contributed by atoms with Crippen LogP contribution in [0, 0.1) is 6.92 Å². The van der Waals surface area contributed by atoms with Crippen LogP contribution in [0.5, 0.6) is 5.75 Å². The molecule has 0 fully saturated rings. The van der Waals surface area contributed by atoms with Gasteiger partial charge in [0, 0.05) is 6.54 Å². The number of benzene rings is 2. The van der Waals surface area contributed by atoms with Crippen LogP contribution in [0.15, 0.2) is 47.4 Å². The summed E-state index contributed by atoms with van der Waals surface area (Å²) in [4.78, 5) is 0.252. The van der Waals surface area contributed by atoms with E-state index in [4.69, 9.17) is 16.3 Å². The fourth-order valence-corrected chi connectivity index (χ4v) is 3.27. The summed E-state index contributed by atoms with van der Waals surface area (Å²) < 4.78 is 32.0. The van der Waals surface area contributed by atoms with Crippen molar-refractivity contribution in [3.05, 3.63) is 58.6 Å². The van der Waals surface area contributed by atoms with Crippen LogP contribution in [0.2, 0.25) is 5.02 Å². The lowest BCUT2D eigenvalue weighted by Crippen LogP contribution is -2.23. The standard InChI is InChI=1S/C15H16ClNO3S/c1-11-4-3-5-13(8-11)21(18,19)17-10-12-6-7-15(20-2)14(16)9-12/h3-9,17H,10H2,1-2H3. The summed E-state index contributed by atoms with van der Waals surface area (Å²) in [7, 11) is -2.00. The third-order valence-electron chi connectivity index (χ3n) is 2.98. The highest BCUT2D eigenvalue weighted by molar-refractivity contribution is 7.89. The molecule has 0 heterocycles. The number of sulfonamides is 1. The van der Waals surface area contributed by atoms with E-state index in [1.807, 2.05) is 13.0 Å². The van der Waals surface area contributed by atoms with E-state index in [0.717, 1.165) is 11.1 Å². The largest absolute Gasteiger partial charge is 0.495 e. The minimum Gasteiger partial charge on any atom is -0.495 e.